The first kappa shape index (κ1) is 12.1. The summed E-state index contributed by atoms with van der Waals surface area (Å²) in [4.78, 5) is 18.9. The van der Waals surface area contributed by atoms with Crippen LogP contribution in [0.5, 0.6) is 0 Å². The molecular weight excluding hydrogens is 294 g/mol. The van der Waals surface area contributed by atoms with Crippen molar-refractivity contribution in [2.75, 3.05) is 18.0 Å². The number of fused-ring (bicyclic) bond motifs is 2. The van der Waals surface area contributed by atoms with E-state index in [1.165, 1.54) is 9.71 Å². The van der Waals surface area contributed by atoms with Crippen molar-refractivity contribution in [2.45, 2.75) is 5.92 Å². The Hall–Kier alpha value is -2.47. The van der Waals surface area contributed by atoms with Gasteiger partial charge in [0.05, 0.1) is 15.6 Å². The lowest BCUT2D eigenvalue weighted by Crippen LogP contribution is -2.45. The van der Waals surface area contributed by atoms with Crippen molar-refractivity contribution in [1.82, 2.24) is 19.9 Å². The number of thiazole rings is 1. The molecule has 0 saturated carbocycles. The molecule has 0 aliphatic carbocycles. The molecule has 5 nitrogen and oxygen atoms in total. The Kier molecular flexibility index (Phi) is 2.48. The van der Waals surface area contributed by atoms with Gasteiger partial charge in [-0.3, -0.25) is 0 Å². The molecule has 1 N–H and O–H groups in total. The minimum Gasteiger partial charge on any atom is -0.354 e. The number of aromatic nitrogens is 4. The van der Waals surface area contributed by atoms with Crippen LogP contribution in [0, 0.1) is 0 Å². The Labute approximate surface area is 130 Å². The third-order valence-corrected chi connectivity index (χ3v) is 5.37. The zero-order valence-corrected chi connectivity index (χ0v) is 12.5. The summed E-state index contributed by atoms with van der Waals surface area (Å²) in [6, 6.07) is 10.4. The quantitative estimate of drug-likeness (QED) is 0.618. The molecule has 1 aliphatic heterocycles. The molecule has 0 radical (unpaired) electrons. The zero-order chi connectivity index (χ0) is 14.5. The molecule has 4 aromatic rings. The molecule has 1 aromatic carbocycles. The van der Waals surface area contributed by atoms with Crippen LogP contribution >= 0.6 is 11.3 Å². The van der Waals surface area contributed by atoms with E-state index in [4.69, 9.17) is 4.98 Å². The van der Waals surface area contributed by atoms with Crippen LogP contribution in [-0.2, 0) is 0 Å². The number of hydrogen-bond donors (Lipinski definition) is 1. The third-order valence-electron chi connectivity index (χ3n) is 4.17. The van der Waals surface area contributed by atoms with Crippen molar-refractivity contribution in [3.8, 4) is 0 Å². The average molecular weight is 307 g/mol. The highest BCUT2D eigenvalue weighted by molar-refractivity contribution is 7.18. The second kappa shape index (κ2) is 4.51. The Morgan fingerprint density at radius 2 is 2.05 bits per heavy atom. The number of aromatic amines is 1. The van der Waals surface area contributed by atoms with Crippen molar-refractivity contribution in [3.63, 3.8) is 0 Å². The largest absolute Gasteiger partial charge is 0.354 e. The van der Waals surface area contributed by atoms with E-state index in [-0.39, 0.29) is 0 Å². The summed E-state index contributed by atoms with van der Waals surface area (Å²) in [7, 11) is 0. The number of benzene rings is 1. The van der Waals surface area contributed by atoms with E-state index < -0.39 is 0 Å². The number of nitrogens with one attached hydrogen (secondary N) is 1. The van der Waals surface area contributed by atoms with Gasteiger partial charge in [0.25, 0.3) is 0 Å². The lowest BCUT2D eigenvalue weighted by molar-refractivity contribution is 0.520. The summed E-state index contributed by atoms with van der Waals surface area (Å²) in [5, 5.41) is 2.32. The third kappa shape index (κ3) is 1.74. The predicted octanol–water partition coefficient (Wildman–Crippen LogP) is 3.17. The normalized spacial score (nSPS) is 15.5. The Bertz CT molecular complexity index is 934. The lowest BCUT2D eigenvalue weighted by Gasteiger charge is -2.39. The van der Waals surface area contributed by atoms with Crippen molar-refractivity contribution in [1.29, 1.82) is 0 Å². The van der Waals surface area contributed by atoms with Crippen LogP contribution in [0.15, 0.2) is 42.9 Å². The van der Waals surface area contributed by atoms with Crippen molar-refractivity contribution in [2.24, 2.45) is 0 Å². The fraction of sp³-hybridized carbons (Fsp3) is 0.188. The van der Waals surface area contributed by atoms with Gasteiger partial charge >= 0.3 is 0 Å². The van der Waals surface area contributed by atoms with E-state index in [2.05, 4.69) is 38.1 Å². The Balaban J connectivity index is 1.43. The first-order valence-corrected chi connectivity index (χ1v) is 8.08. The summed E-state index contributed by atoms with van der Waals surface area (Å²) in [6.45, 7) is 1.94. The first-order chi connectivity index (χ1) is 10.9. The Morgan fingerprint density at radius 1 is 1.14 bits per heavy atom. The summed E-state index contributed by atoms with van der Waals surface area (Å²) in [5.41, 5.74) is 2.00. The molecule has 1 fully saturated rings. The predicted molar refractivity (Wildman–Crippen MR) is 88.5 cm³/mol. The molecule has 22 heavy (non-hydrogen) atoms. The molecular formula is C16H13N5S. The molecule has 0 atom stereocenters. The van der Waals surface area contributed by atoms with Crippen molar-refractivity contribution < 1.29 is 0 Å². The van der Waals surface area contributed by atoms with E-state index in [1.807, 2.05) is 29.7 Å². The Morgan fingerprint density at radius 3 is 2.95 bits per heavy atom. The molecule has 4 heterocycles. The van der Waals surface area contributed by atoms with E-state index >= 15 is 0 Å². The second-order valence-electron chi connectivity index (χ2n) is 5.56. The maximum absolute atomic E-state index is 4.77. The topological polar surface area (TPSA) is 57.7 Å². The fourth-order valence-electron chi connectivity index (χ4n) is 2.98. The summed E-state index contributed by atoms with van der Waals surface area (Å²) in [5.74, 6) is 1.52. The van der Waals surface area contributed by atoms with Crippen LogP contribution in [0.3, 0.4) is 0 Å². The van der Waals surface area contributed by atoms with Gasteiger partial charge in [-0.1, -0.05) is 12.1 Å². The van der Waals surface area contributed by atoms with Gasteiger partial charge < -0.3 is 9.88 Å². The zero-order valence-electron chi connectivity index (χ0n) is 11.7. The number of H-pyrrole nitrogens is 1. The van der Waals surface area contributed by atoms with Gasteiger partial charge in [0.2, 0.25) is 0 Å². The van der Waals surface area contributed by atoms with Crippen LogP contribution in [0.1, 0.15) is 10.9 Å². The smallest absolute Gasteiger partial charge is 0.142 e. The molecule has 0 bridgehead atoms. The molecule has 3 aromatic heterocycles. The molecule has 0 amide bonds. The molecule has 108 valence electrons. The van der Waals surface area contributed by atoms with Crippen molar-refractivity contribution >= 4 is 38.4 Å². The number of rotatable bonds is 2. The van der Waals surface area contributed by atoms with E-state index in [0.717, 1.165) is 35.5 Å². The van der Waals surface area contributed by atoms with Gasteiger partial charge in [-0.05, 0) is 18.2 Å². The first-order valence-electron chi connectivity index (χ1n) is 7.27. The molecule has 6 heteroatoms. The standard InChI is InChI=1S/C16H13N5S/c1-2-4-13-12(3-1)20-16(22-13)10-7-21(8-10)15-11-5-6-17-14(11)18-9-19-15/h1-6,9-10H,7-8H2,(H,17,18,19). The van der Waals surface area contributed by atoms with Crippen LogP contribution < -0.4 is 4.90 Å². The summed E-state index contributed by atoms with van der Waals surface area (Å²) >= 11 is 1.81. The fourth-order valence-corrected chi connectivity index (χ4v) is 4.03. The number of nitrogens with zero attached hydrogens (tertiary/aromatic N) is 4. The van der Waals surface area contributed by atoms with E-state index in [1.54, 1.807) is 6.33 Å². The van der Waals surface area contributed by atoms with Gasteiger partial charge in [-0.15, -0.1) is 11.3 Å². The minimum atomic E-state index is 0.501. The highest BCUT2D eigenvalue weighted by Gasteiger charge is 2.32. The van der Waals surface area contributed by atoms with E-state index in [0.29, 0.717) is 5.92 Å². The van der Waals surface area contributed by atoms with Crippen LogP contribution in [-0.4, -0.2) is 33.0 Å². The maximum atomic E-state index is 4.77. The highest BCUT2D eigenvalue weighted by atomic mass is 32.1. The maximum Gasteiger partial charge on any atom is 0.142 e. The molecule has 1 saturated heterocycles. The van der Waals surface area contributed by atoms with Crippen LogP contribution in [0.25, 0.3) is 21.3 Å². The number of hydrogen-bond acceptors (Lipinski definition) is 5. The van der Waals surface area contributed by atoms with E-state index in [9.17, 15) is 0 Å². The SMILES string of the molecule is c1ccc2sc(C3CN(c4ncnc5[nH]ccc45)C3)nc2c1. The van der Waals surface area contributed by atoms with Crippen molar-refractivity contribution in [3.05, 3.63) is 47.9 Å². The number of para-hydroxylation sites is 1. The van der Waals surface area contributed by atoms with Gasteiger partial charge in [0.15, 0.2) is 0 Å². The summed E-state index contributed by atoms with van der Waals surface area (Å²) in [6.07, 6.45) is 3.53. The van der Waals surface area contributed by atoms with Crippen LogP contribution in [0.2, 0.25) is 0 Å². The summed E-state index contributed by atoms with van der Waals surface area (Å²) < 4.78 is 1.27. The van der Waals surface area contributed by atoms with Gasteiger partial charge in [-0.2, -0.15) is 0 Å². The van der Waals surface area contributed by atoms with Crippen LogP contribution in [0.4, 0.5) is 5.82 Å². The number of anilines is 1. The second-order valence-corrected chi connectivity index (χ2v) is 6.62. The highest BCUT2D eigenvalue weighted by Crippen LogP contribution is 2.36. The molecule has 0 spiro atoms. The van der Waals surface area contributed by atoms with Gasteiger partial charge in [0, 0.05) is 25.2 Å². The molecule has 0 unspecified atom stereocenters. The average Bonchev–Trinajstić information content (AvgIpc) is 3.12. The monoisotopic (exact) mass is 307 g/mol. The van der Waals surface area contributed by atoms with Gasteiger partial charge in [-0.25, -0.2) is 15.0 Å². The molecule has 1 aliphatic rings. The molecule has 5 rings (SSSR count). The lowest BCUT2D eigenvalue weighted by atomic mass is 10.0. The minimum absolute atomic E-state index is 0.501. The van der Waals surface area contributed by atoms with Gasteiger partial charge in [0.1, 0.15) is 22.8 Å².